The molecule has 2 aliphatic rings. The minimum Gasteiger partial charge on any atom is -0.373 e. The Bertz CT molecular complexity index is 122. The van der Waals surface area contributed by atoms with Crippen molar-refractivity contribution in [3.63, 3.8) is 0 Å². The van der Waals surface area contributed by atoms with Gasteiger partial charge in [-0.1, -0.05) is 0 Å². The normalized spacial score (nSPS) is 37.7. The van der Waals surface area contributed by atoms with E-state index in [1.54, 1.807) is 0 Å². The smallest absolute Gasteiger partial charge is 0.0851 e. The Labute approximate surface area is 54.5 Å². The van der Waals surface area contributed by atoms with Crippen LogP contribution in [-0.2, 0) is 4.74 Å². The summed E-state index contributed by atoms with van der Waals surface area (Å²) >= 11 is 0. The maximum atomic E-state index is 5.51. The highest BCUT2D eigenvalue weighted by Gasteiger charge is 2.53. The number of nitrogens with two attached hydrogens (primary N) is 1. The summed E-state index contributed by atoms with van der Waals surface area (Å²) in [5, 5.41) is 0. The van der Waals surface area contributed by atoms with Gasteiger partial charge >= 0.3 is 0 Å². The first-order valence-corrected chi connectivity index (χ1v) is 3.47. The molecule has 1 spiro atoms. The number of hydrogen-bond donors (Lipinski definition) is 2. The summed E-state index contributed by atoms with van der Waals surface area (Å²) in [4.78, 5) is 0. The number of nitrogens with one attached hydrogen (secondary N) is 1. The van der Waals surface area contributed by atoms with Crippen LogP contribution in [0.3, 0.4) is 0 Å². The van der Waals surface area contributed by atoms with Gasteiger partial charge in [-0.15, -0.1) is 0 Å². The molecule has 1 atom stereocenters. The summed E-state index contributed by atoms with van der Waals surface area (Å²) < 4.78 is 5.51. The molecule has 3 N–H and O–H groups in total. The summed E-state index contributed by atoms with van der Waals surface area (Å²) in [7, 11) is 0. The Balaban J connectivity index is 2.05. The summed E-state index contributed by atoms with van der Waals surface area (Å²) in [6.45, 7) is 0.884. The van der Waals surface area contributed by atoms with Crippen molar-refractivity contribution in [2.75, 3.05) is 6.61 Å². The van der Waals surface area contributed by atoms with E-state index < -0.39 is 0 Å². The molecule has 0 aromatic heterocycles. The highest BCUT2D eigenvalue weighted by Crippen LogP contribution is 2.47. The van der Waals surface area contributed by atoms with Gasteiger partial charge in [0.25, 0.3) is 0 Å². The molecule has 1 saturated carbocycles. The van der Waals surface area contributed by atoms with Gasteiger partial charge in [0.2, 0.25) is 0 Å². The molecule has 2 rings (SSSR count). The Morgan fingerprint density at radius 1 is 1.56 bits per heavy atom. The number of rotatable bonds is 1. The van der Waals surface area contributed by atoms with E-state index >= 15 is 0 Å². The predicted octanol–water partition coefficient (Wildman–Crippen LogP) is -0.229. The van der Waals surface area contributed by atoms with E-state index in [2.05, 4.69) is 5.43 Å². The first-order chi connectivity index (χ1) is 4.37. The quantitative estimate of drug-likeness (QED) is 0.379. The molecule has 1 saturated heterocycles. The molecule has 1 aliphatic carbocycles. The average Bonchev–Trinajstić information content (AvgIpc) is 2.45. The van der Waals surface area contributed by atoms with Crippen molar-refractivity contribution in [3.8, 4) is 0 Å². The van der Waals surface area contributed by atoms with E-state index in [0.717, 1.165) is 13.0 Å². The summed E-state index contributed by atoms with van der Waals surface area (Å²) in [6, 6.07) is 0.428. The fourth-order valence-corrected chi connectivity index (χ4v) is 1.59. The molecule has 0 radical (unpaired) electrons. The van der Waals surface area contributed by atoms with Crippen LogP contribution in [0.2, 0.25) is 0 Å². The van der Waals surface area contributed by atoms with Crippen LogP contribution < -0.4 is 11.3 Å². The van der Waals surface area contributed by atoms with Crippen molar-refractivity contribution in [2.45, 2.75) is 30.9 Å². The second-order valence-electron chi connectivity index (χ2n) is 2.92. The molecule has 2 fully saturated rings. The fourth-order valence-electron chi connectivity index (χ4n) is 1.59. The molecule has 9 heavy (non-hydrogen) atoms. The van der Waals surface area contributed by atoms with Crippen molar-refractivity contribution >= 4 is 0 Å². The monoisotopic (exact) mass is 128 g/mol. The van der Waals surface area contributed by atoms with E-state index in [9.17, 15) is 0 Å². The Hall–Kier alpha value is -0.120. The lowest BCUT2D eigenvalue weighted by molar-refractivity contribution is 0.0772. The zero-order valence-electron chi connectivity index (χ0n) is 5.39. The van der Waals surface area contributed by atoms with Crippen LogP contribution in [0.1, 0.15) is 19.3 Å². The minimum absolute atomic E-state index is 0.175. The van der Waals surface area contributed by atoms with Crippen LogP contribution in [0.15, 0.2) is 0 Å². The molecule has 1 aliphatic heterocycles. The van der Waals surface area contributed by atoms with Gasteiger partial charge < -0.3 is 4.74 Å². The molecule has 0 aromatic carbocycles. The molecule has 52 valence electrons. The van der Waals surface area contributed by atoms with Crippen LogP contribution >= 0.6 is 0 Å². The molecule has 3 heteroatoms. The molecular formula is C6H12N2O. The summed E-state index contributed by atoms with van der Waals surface area (Å²) in [6.07, 6.45) is 3.47. The van der Waals surface area contributed by atoms with Crippen LogP contribution in [0.25, 0.3) is 0 Å². The predicted molar refractivity (Wildman–Crippen MR) is 33.6 cm³/mol. The zero-order valence-corrected chi connectivity index (χ0v) is 5.39. The van der Waals surface area contributed by atoms with Crippen LogP contribution in [-0.4, -0.2) is 18.2 Å². The molecule has 1 unspecified atom stereocenters. The van der Waals surface area contributed by atoms with Crippen molar-refractivity contribution in [3.05, 3.63) is 0 Å². The van der Waals surface area contributed by atoms with Crippen molar-refractivity contribution < 1.29 is 4.74 Å². The molecular weight excluding hydrogens is 116 g/mol. The van der Waals surface area contributed by atoms with Crippen molar-refractivity contribution in [2.24, 2.45) is 5.84 Å². The van der Waals surface area contributed by atoms with E-state index in [-0.39, 0.29) is 5.60 Å². The molecule has 1 heterocycles. The number of hydrazine groups is 1. The fraction of sp³-hybridized carbons (Fsp3) is 1.00. The van der Waals surface area contributed by atoms with Gasteiger partial charge in [0.05, 0.1) is 11.6 Å². The first-order valence-electron chi connectivity index (χ1n) is 3.47. The Kier molecular flexibility index (Phi) is 1.06. The zero-order chi connectivity index (χ0) is 6.32. The Morgan fingerprint density at radius 2 is 2.33 bits per heavy atom. The number of hydrogen-bond acceptors (Lipinski definition) is 3. The average molecular weight is 128 g/mol. The maximum absolute atomic E-state index is 5.51. The number of ether oxygens (including phenoxy) is 1. The van der Waals surface area contributed by atoms with E-state index in [1.165, 1.54) is 12.8 Å². The maximum Gasteiger partial charge on any atom is 0.0851 e. The van der Waals surface area contributed by atoms with E-state index in [0.29, 0.717) is 6.04 Å². The third-order valence-corrected chi connectivity index (χ3v) is 2.38. The van der Waals surface area contributed by atoms with Gasteiger partial charge in [-0.3, -0.25) is 11.3 Å². The Morgan fingerprint density at radius 3 is 2.78 bits per heavy atom. The van der Waals surface area contributed by atoms with Crippen molar-refractivity contribution in [1.29, 1.82) is 0 Å². The van der Waals surface area contributed by atoms with Crippen LogP contribution in [0.4, 0.5) is 0 Å². The van der Waals surface area contributed by atoms with Gasteiger partial charge in [-0.2, -0.15) is 0 Å². The standard InChI is InChI=1S/C6H12N2O/c7-8-5-1-4-9-6(5)2-3-6/h5,8H,1-4,7H2. The van der Waals surface area contributed by atoms with E-state index in [4.69, 9.17) is 10.6 Å². The lowest BCUT2D eigenvalue weighted by Crippen LogP contribution is -2.42. The first kappa shape index (κ1) is 5.65. The van der Waals surface area contributed by atoms with Gasteiger partial charge in [0.15, 0.2) is 0 Å². The molecule has 0 bridgehead atoms. The highest BCUT2D eigenvalue weighted by molar-refractivity contribution is 5.07. The van der Waals surface area contributed by atoms with Gasteiger partial charge in [0, 0.05) is 6.61 Å². The molecule has 0 aromatic rings. The van der Waals surface area contributed by atoms with Gasteiger partial charge in [0.1, 0.15) is 0 Å². The summed E-state index contributed by atoms with van der Waals surface area (Å²) in [5.41, 5.74) is 2.97. The van der Waals surface area contributed by atoms with Crippen LogP contribution in [0, 0.1) is 0 Å². The third kappa shape index (κ3) is 0.689. The topological polar surface area (TPSA) is 47.3 Å². The third-order valence-electron chi connectivity index (χ3n) is 2.38. The molecule has 0 amide bonds. The van der Waals surface area contributed by atoms with Gasteiger partial charge in [-0.25, -0.2) is 0 Å². The minimum atomic E-state index is 0.175. The largest absolute Gasteiger partial charge is 0.373 e. The van der Waals surface area contributed by atoms with Crippen molar-refractivity contribution in [1.82, 2.24) is 5.43 Å². The highest BCUT2D eigenvalue weighted by atomic mass is 16.5. The summed E-state index contributed by atoms with van der Waals surface area (Å²) in [5.74, 6) is 5.32. The SMILES string of the molecule is NNC1CCOC12CC2. The lowest BCUT2D eigenvalue weighted by atomic mass is 10.1. The molecule has 3 nitrogen and oxygen atoms in total. The second kappa shape index (κ2) is 1.68. The lowest BCUT2D eigenvalue weighted by Gasteiger charge is -2.14. The van der Waals surface area contributed by atoms with Gasteiger partial charge in [-0.05, 0) is 19.3 Å². The second-order valence-corrected chi connectivity index (χ2v) is 2.92. The van der Waals surface area contributed by atoms with E-state index in [1.807, 2.05) is 0 Å². The van der Waals surface area contributed by atoms with Crippen LogP contribution in [0.5, 0.6) is 0 Å².